The molecule has 1 aliphatic carbocycles. The summed E-state index contributed by atoms with van der Waals surface area (Å²) in [6.07, 6.45) is 0.395. The minimum absolute atomic E-state index is 0.0673. The van der Waals surface area contributed by atoms with Gasteiger partial charge >= 0.3 is 11.7 Å². The predicted molar refractivity (Wildman–Crippen MR) is 124 cm³/mol. The molecule has 0 fully saturated rings. The molecule has 0 saturated heterocycles. The molecular weight excluding hydrogens is 442 g/mol. The molecular formula is C24H25N3O7. The van der Waals surface area contributed by atoms with Gasteiger partial charge in [0.05, 0.1) is 36.1 Å². The average Bonchev–Trinajstić information content (AvgIpc) is 2.96. The highest BCUT2D eigenvalue weighted by molar-refractivity contribution is 6.11. The van der Waals surface area contributed by atoms with Crippen LogP contribution in [0.5, 0.6) is 11.5 Å². The van der Waals surface area contributed by atoms with Gasteiger partial charge in [-0.1, -0.05) is 19.1 Å². The molecule has 0 bridgehead atoms. The number of ether oxygens (including phenoxy) is 2. The molecule has 1 aliphatic heterocycles. The summed E-state index contributed by atoms with van der Waals surface area (Å²) in [5, 5.41) is 28.6. The molecule has 0 spiro atoms. The molecule has 2 aliphatic rings. The van der Waals surface area contributed by atoms with Crippen LogP contribution in [0.2, 0.25) is 0 Å². The Hall–Kier alpha value is -4.08. The van der Waals surface area contributed by atoms with Crippen molar-refractivity contribution < 1.29 is 29.1 Å². The molecule has 2 aromatic carbocycles. The molecule has 0 unspecified atom stereocenters. The molecule has 34 heavy (non-hydrogen) atoms. The molecule has 3 atom stereocenters. The van der Waals surface area contributed by atoms with Gasteiger partial charge in [0.15, 0.2) is 11.5 Å². The van der Waals surface area contributed by atoms with Crippen LogP contribution < -0.4 is 15.4 Å². The minimum Gasteiger partial charge on any atom is -0.500 e. The smallest absolute Gasteiger partial charge is 0.316 e. The number of nitro groups is 1. The van der Waals surface area contributed by atoms with E-state index in [1.165, 1.54) is 19.2 Å². The number of allylic oxidation sites excluding steroid dienone is 1. The van der Waals surface area contributed by atoms with E-state index in [0.717, 1.165) is 5.69 Å². The van der Waals surface area contributed by atoms with E-state index >= 15 is 0 Å². The van der Waals surface area contributed by atoms with E-state index in [2.05, 4.69) is 10.6 Å². The monoisotopic (exact) mass is 467 g/mol. The van der Waals surface area contributed by atoms with Gasteiger partial charge in [0.2, 0.25) is 5.75 Å². The van der Waals surface area contributed by atoms with Crippen molar-refractivity contribution in [3.63, 3.8) is 0 Å². The highest BCUT2D eigenvalue weighted by atomic mass is 16.6. The van der Waals surface area contributed by atoms with Crippen LogP contribution in [0.1, 0.15) is 31.9 Å². The fourth-order valence-corrected chi connectivity index (χ4v) is 4.57. The molecule has 4 rings (SSSR count). The molecule has 2 aromatic rings. The number of esters is 1. The summed E-state index contributed by atoms with van der Waals surface area (Å²) >= 11 is 0. The molecule has 10 heteroatoms. The summed E-state index contributed by atoms with van der Waals surface area (Å²) in [7, 11) is 1.24. The lowest BCUT2D eigenvalue weighted by Crippen LogP contribution is -2.39. The summed E-state index contributed by atoms with van der Waals surface area (Å²) in [5.74, 6) is -3.03. The molecule has 0 saturated carbocycles. The number of Topliss-reactive ketones (excluding diaryl/α,β-unsaturated/α-hetero) is 1. The number of nitro benzene ring substituents is 1. The summed E-state index contributed by atoms with van der Waals surface area (Å²) in [5.41, 5.74) is 2.10. The Balaban J connectivity index is 1.94. The number of ketones is 1. The number of rotatable bonds is 5. The van der Waals surface area contributed by atoms with E-state index in [9.17, 15) is 24.8 Å². The zero-order valence-corrected chi connectivity index (χ0v) is 19.0. The number of para-hydroxylation sites is 2. The zero-order chi connectivity index (χ0) is 24.6. The van der Waals surface area contributed by atoms with Crippen LogP contribution in [0.3, 0.4) is 0 Å². The van der Waals surface area contributed by atoms with E-state index in [1.54, 1.807) is 6.92 Å². The first-order valence-corrected chi connectivity index (χ1v) is 10.9. The van der Waals surface area contributed by atoms with Crippen molar-refractivity contribution in [2.45, 2.75) is 26.3 Å². The van der Waals surface area contributed by atoms with Crippen molar-refractivity contribution in [3.8, 4) is 11.5 Å². The summed E-state index contributed by atoms with van der Waals surface area (Å²) in [6, 6.07) is 9.17. The van der Waals surface area contributed by atoms with E-state index in [4.69, 9.17) is 9.47 Å². The third-order valence-electron chi connectivity index (χ3n) is 6.13. The van der Waals surface area contributed by atoms with Crippen LogP contribution in [-0.2, 0) is 14.3 Å². The molecule has 178 valence electrons. The summed E-state index contributed by atoms with van der Waals surface area (Å²) in [6.45, 7) is 3.67. The Bertz CT molecular complexity index is 1210. The number of phenolic OH excluding ortho intramolecular Hbond substituents is 1. The number of nitrogens with zero attached hydrogens (tertiary/aromatic N) is 1. The standard InChI is InChI=1S/C24H25N3O7/c1-4-34-18-11-13(10-17(22(18)28)27(31)32)21-20-16(25-14-7-5-6-8-15(14)26-21)9-12(2)19(23(20)29)24(30)33-3/h5-8,10-12,19,21,25-26,28H,4,9H2,1-3H3/t12-,19-,21-/m0/s1. The number of hydrogen-bond acceptors (Lipinski definition) is 9. The lowest BCUT2D eigenvalue weighted by atomic mass is 9.74. The van der Waals surface area contributed by atoms with Crippen molar-refractivity contribution >= 4 is 28.8 Å². The first-order valence-electron chi connectivity index (χ1n) is 10.9. The van der Waals surface area contributed by atoms with Crippen LogP contribution in [0, 0.1) is 22.0 Å². The number of fused-ring (bicyclic) bond motifs is 1. The van der Waals surface area contributed by atoms with Gasteiger partial charge in [-0.25, -0.2) is 0 Å². The van der Waals surface area contributed by atoms with Gasteiger partial charge in [-0.15, -0.1) is 0 Å². The predicted octanol–water partition coefficient (Wildman–Crippen LogP) is 3.93. The maximum atomic E-state index is 13.7. The van der Waals surface area contributed by atoms with E-state index in [1.807, 2.05) is 31.2 Å². The zero-order valence-electron chi connectivity index (χ0n) is 19.0. The van der Waals surface area contributed by atoms with E-state index < -0.39 is 40.1 Å². The van der Waals surface area contributed by atoms with Gasteiger partial charge in [0.25, 0.3) is 0 Å². The lowest BCUT2D eigenvalue weighted by Gasteiger charge is -2.32. The first-order chi connectivity index (χ1) is 16.3. The third kappa shape index (κ3) is 3.91. The molecule has 0 aromatic heterocycles. The number of nitrogens with one attached hydrogen (secondary N) is 2. The normalized spacial score (nSPS) is 21.4. The van der Waals surface area contributed by atoms with Gasteiger partial charge in [0.1, 0.15) is 5.92 Å². The van der Waals surface area contributed by atoms with Crippen molar-refractivity contribution in [2.75, 3.05) is 24.4 Å². The quantitative estimate of drug-likeness (QED) is 0.258. The fraction of sp³-hybridized carbons (Fsp3) is 0.333. The number of hydrogen-bond donors (Lipinski definition) is 3. The Kier molecular flexibility index (Phi) is 6.14. The van der Waals surface area contributed by atoms with Gasteiger partial charge in [0, 0.05) is 17.3 Å². The van der Waals surface area contributed by atoms with Crippen LogP contribution >= 0.6 is 0 Å². The van der Waals surface area contributed by atoms with E-state index in [-0.39, 0.29) is 23.8 Å². The average molecular weight is 467 g/mol. The number of anilines is 2. The maximum Gasteiger partial charge on any atom is 0.316 e. The van der Waals surface area contributed by atoms with Gasteiger partial charge < -0.3 is 25.2 Å². The van der Waals surface area contributed by atoms with Crippen LogP contribution in [0.25, 0.3) is 0 Å². The summed E-state index contributed by atoms with van der Waals surface area (Å²) < 4.78 is 10.3. The van der Waals surface area contributed by atoms with Crippen molar-refractivity contribution in [3.05, 3.63) is 63.3 Å². The Labute approximate surface area is 195 Å². The van der Waals surface area contributed by atoms with Crippen LogP contribution in [-0.4, -0.2) is 35.5 Å². The third-order valence-corrected chi connectivity index (χ3v) is 6.13. The van der Waals surface area contributed by atoms with Crippen LogP contribution in [0.4, 0.5) is 17.1 Å². The second-order valence-electron chi connectivity index (χ2n) is 8.26. The molecule has 3 N–H and O–H groups in total. The number of methoxy groups -OCH3 is 1. The molecule has 0 radical (unpaired) electrons. The van der Waals surface area contributed by atoms with Gasteiger partial charge in [-0.3, -0.25) is 19.7 Å². The number of carbonyl (C=O) groups is 2. The number of aromatic hydroxyl groups is 1. The Morgan fingerprint density at radius 1 is 1.26 bits per heavy atom. The van der Waals surface area contributed by atoms with Gasteiger partial charge in [-0.05, 0) is 43.0 Å². The Morgan fingerprint density at radius 2 is 1.97 bits per heavy atom. The topological polar surface area (TPSA) is 140 Å². The van der Waals surface area contributed by atoms with Crippen molar-refractivity contribution in [1.29, 1.82) is 0 Å². The lowest BCUT2D eigenvalue weighted by molar-refractivity contribution is -0.386. The van der Waals surface area contributed by atoms with Crippen molar-refractivity contribution in [2.24, 2.45) is 11.8 Å². The second kappa shape index (κ2) is 9.05. The van der Waals surface area contributed by atoms with Crippen molar-refractivity contribution in [1.82, 2.24) is 0 Å². The molecule has 0 amide bonds. The number of carbonyl (C=O) groups excluding carboxylic acids is 2. The highest BCUT2D eigenvalue weighted by Crippen LogP contribution is 2.46. The highest BCUT2D eigenvalue weighted by Gasteiger charge is 2.44. The van der Waals surface area contributed by atoms with E-state index in [0.29, 0.717) is 23.4 Å². The minimum atomic E-state index is -1.01. The largest absolute Gasteiger partial charge is 0.500 e. The second-order valence-corrected chi connectivity index (χ2v) is 8.26. The number of phenols is 1. The fourth-order valence-electron chi connectivity index (χ4n) is 4.57. The number of benzene rings is 2. The summed E-state index contributed by atoms with van der Waals surface area (Å²) in [4.78, 5) is 37.1. The van der Waals surface area contributed by atoms with Gasteiger partial charge in [-0.2, -0.15) is 0 Å². The van der Waals surface area contributed by atoms with Crippen LogP contribution in [0.15, 0.2) is 47.7 Å². The Morgan fingerprint density at radius 3 is 2.62 bits per heavy atom. The SMILES string of the molecule is CCOc1cc([C@@H]2Nc3ccccc3NC3=C2C(=O)[C@@H](C(=O)OC)[C@@H](C)C3)cc([N+](=O)[O-])c1O. The first kappa shape index (κ1) is 23.1. The molecule has 1 heterocycles. The maximum absolute atomic E-state index is 13.7. The molecule has 10 nitrogen and oxygen atoms in total.